The van der Waals surface area contributed by atoms with Crippen LogP contribution in [0.1, 0.15) is 45.8 Å². The van der Waals surface area contributed by atoms with Crippen molar-refractivity contribution in [3.05, 3.63) is 77.6 Å². The summed E-state index contributed by atoms with van der Waals surface area (Å²) in [5.74, 6) is -3.28. The monoisotopic (exact) mass is 550 g/mol. The van der Waals surface area contributed by atoms with Crippen molar-refractivity contribution in [3.8, 4) is 22.6 Å². The molecule has 5 aromatic rings. The van der Waals surface area contributed by atoms with Gasteiger partial charge in [0, 0.05) is 35.2 Å². The number of methoxy groups -OCH3 is 2. The molecule has 0 saturated heterocycles. The number of carboxylic acids is 1. The molecule has 0 amide bonds. The van der Waals surface area contributed by atoms with Crippen LogP contribution in [0.25, 0.3) is 38.6 Å². The normalized spacial score (nSPS) is 20.8. The van der Waals surface area contributed by atoms with E-state index < -0.39 is 42.1 Å². The highest BCUT2D eigenvalue weighted by Gasteiger charge is 2.46. The summed E-state index contributed by atoms with van der Waals surface area (Å²) in [4.78, 5) is 11.6. The zero-order valence-corrected chi connectivity index (χ0v) is 21.4. The van der Waals surface area contributed by atoms with Gasteiger partial charge in [-0.25, -0.2) is 13.6 Å². The number of nitrogens with one attached hydrogen (secondary N) is 1. The first-order valence-corrected chi connectivity index (χ1v) is 12.7. The van der Waals surface area contributed by atoms with Crippen molar-refractivity contribution < 1.29 is 37.4 Å². The van der Waals surface area contributed by atoms with Gasteiger partial charge in [-0.1, -0.05) is 18.6 Å². The lowest BCUT2D eigenvalue weighted by Gasteiger charge is -2.40. The lowest BCUT2D eigenvalue weighted by atomic mass is 9.77. The van der Waals surface area contributed by atoms with E-state index in [0.717, 1.165) is 12.5 Å². The summed E-state index contributed by atoms with van der Waals surface area (Å²) in [5, 5.41) is 29.2. The summed E-state index contributed by atoms with van der Waals surface area (Å²) in [5.41, 5.74) is -0.172. The Labute approximate surface area is 232 Å². The topological polar surface area (TPSA) is 110 Å². The molecule has 2 aromatic heterocycles. The second-order valence-corrected chi connectivity index (χ2v) is 9.97. The molecule has 2 atom stereocenters. The zero-order chi connectivity index (χ0) is 30.7. The van der Waals surface area contributed by atoms with Gasteiger partial charge in [0.05, 0.1) is 40.2 Å². The molecule has 0 aliphatic heterocycles. The first-order valence-electron chi connectivity index (χ1n) is 14.2. The van der Waals surface area contributed by atoms with E-state index in [2.05, 4.69) is 10.2 Å². The van der Waals surface area contributed by atoms with Gasteiger partial charge in [-0.15, -0.1) is 0 Å². The molecule has 6 rings (SSSR count). The molecule has 2 heterocycles. The number of rotatable bonds is 6. The predicted octanol–water partition coefficient (Wildman–Crippen LogP) is 5.94. The molecule has 206 valence electrons. The van der Waals surface area contributed by atoms with Crippen molar-refractivity contribution in [2.24, 2.45) is 0 Å². The number of hydrogen-bond acceptors (Lipinski definition) is 5. The molecule has 3 aromatic carbocycles. The molecule has 8 nitrogen and oxygen atoms in total. The van der Waals surface area contributed by atoms with Crippen LogP contribution in [0.5, 0.6) is 5.75 Å². The minimum absolute atomic E-state index is 0.0154. The van der Waals surface area contributed by atoms with Crippen LogP contribution in [0.3, 0.4) is 0 Å². The molecule has 1 fully saturated rings. The first kappa shape index (κ1) is 22.5. The van der Waals surface area contributed by atoms with Crippen LogP contribution >= 0.6 is 0 Å². The molecular formula is C30H27F2N3O5. The molecular weight excluding hydrogens is 520 g/mol. The van der Waals surface area contributed by atoms with Crippen LogP contribution in [-0.2, 0) is 10.3 Å². The van der Waals surface area contributed by atoms with E-state index in [1.54, 1.807) is 10.6 Å². The molecule has 2 unspecified atom stereocenters. The molecule has 10 heteroatoms. The number of aromatic amines is 1. The van der Waals surface area contributed by atoms with Crippen molar-refractivity contribution >= 4 is 27.8 Å². The molecule has 3 N–H and O–H groups in total. The Morgan fingerprint density at radius 1 is 1.20 bits per heavy atom. The Morgan fingerprint density at radius 2 is 2.00 bits per heavy atom. The molecule has 1 saturated carbocycles. The van der Waals surface area contributed by atoms with Crippen molar-refractivity contribution in [3.63, 3.8) is 0 Å². The van der Waals surface area contributed by atoms with Gasteiger partial charge in [0.15, 0.2) is 17.4 Å². The summed E-state index contributed by atoms with van der Waals surface area (Å²) in [6.45, 7) is 0. The van der Waals surface area contributed by atoms with Gasteiger partial charge < -0.3 is 24.3 Å². The summed E-state index contributed by atoms with van der Waals surface area (Å²) >= 11 is 0. The van der Waals surface area contributed by atoms with Crippen LogP contribution in [0.2, 0.25) is 0 Å². The first-order chi connectivity index (χ1) is 20.4. The number of carbonyl (C=O) groups is 1. The van der Waals surface area contributed by atoms with Gasteiger partial charge >= 0.3 is 5.97 Å². The van der Waals surface area contributed by atoms with Gasteiger partial charge in [-0.2, -0.15) is 5.10 Å². The number of nitrogens with zero attached hydrogens (tertiary/aromatic N) is 2. The van der Waals surface area contributed by atoms with Gasteiger partial charge in [0.25, 0.3) is 0 Å². The van der Waals surface area contributed by atoms with Crippen LogP contribution in [0.4, 0.5) is 8.78 Å². The Hall–Kier alpha value is -4.28. The minimum atomic E-state index is -2.95. The van der Waals surface area contributed by atoms with E-state index >= 15 is 4.39 Å². The molecule has 1 aliphatic rings. The molecule has 0 spiro atoms. The summed E-state index contributed by atoms with van der Waals surface area (Å²) < 4.78 is 66.2. The van der Waals surface area contributed by atoms with Crippen molar-refractivity contribution in [2.45, 2.75) is 37.4 Å². The third kappa shape index (κ3) is 3.86. The lowest BCUT2D eigenvalue weighted by Crippen LogP contribution is -2.45. The predicted molar refractivity (Wildman–Crippen MR) is 145 cm³/mol. The Bertz CT molecular complexity index is 1870. The van der Waals surface area contributed by atoms with E-state index in [9.17, 15) is 19.4 Å². The fourth-order valence-corrected chi connectivity index (χ4v) is 5.96. The number of benzene rings is 3. The van der Waals surface area contributed by atoms with Gasteiger partial charge in [-0.05, 0) is 55.2 Å². The van der Waals surface area contributed by atoms with E-state index in [4.69, 9.17) is 13.6 Å². The Morgan fingerprint density at radius 3 is 2.73 bits per heavy atom. The Balaban J connectivity index is 1.78. The van der Waals surface area contributed by atoms with Gasteiger partial charge in [-0.3, -0.25) is 5.10 Å². The fraction of sp³-hybridized carbons (Fsp3) is 0.267. The van der Waals surface area contributed by atoms with Crippen molar-refractivity contribution in [1.82, 2.24) is 14.8 Å². The SMILES string of the molecule is [2H]C([2H])([2H])Oc1cc(-n2c(C3(O)CCCCC3OC)c(-c3ccc(C(=O)O)cc3)c3c(F)c4[nH]ncc4cc32)ccc1F. The van der Waals surface area contributed by atoms with E-state index in [1.807, 2.05) is 0 Å². The number of carboxylic acid groups (broad SMARTS) is 1. The van der Waals surface area contributed by atoms with Crippen LogP contribution in [0.15, 0.2) is 54.7 Å². The van der Waals surface area contributed by atoms with E-state index in [1.165, 1.54) is 49.7 Å². The highest BCUT2D eigenvalue weighted by atomic mass is 19.1. The summed E-state index contributed by atoms with van der Waals surface area (Å²) in [7, 11) is -1.47. The zero-order valence-electron chi connectivity index (χ0n) is 24.4. The maximum atomic E-state index is 16.5. The second-order valence-electron chi connectivity index (χ2n) is 9.97. The quantitative estimate of drug-likeness (QED) is 0.242. The average molecular weight is 551 g/mol. The second kappa shape index (κ2) is 9.72. The van der Waals surface area contributed by atoms with Gasteiger partial charge in [0.2, 0.25) is 0 Å². The fourth-order valence-electron chi connectivity index (χ4n) is 5.96. The van der Waals surface area contributed by atoms with Crippen LogP contribution < -0.4 is 4.74 Å². The average Bonchev–Trinajstić information content (AvgIpc) is 3.58. The van der Waals surface area contributed by atoms with E-state index in [0.29, 0.717) is 23.8 Å². The molecule has 40 heavy (non-hydrogen) atoms. The number of aromatic nitrogens is 3. The third-order valence-corrected chi connectivity index (χ3v) is 7.81. The third-order valence-electron chi connectivity index (χ3n) is 7.81. The maximum Gasteiger partial charge on any atom is 0.335 e. The van der Waals surface area contributed by atoms with E-state index in [-0.39, 0.29) is 45.3 Å². The maximum absolute atomic E-state index is 16.5. The molecule has 1 aliphatic carbocycles. The number of fused-ring (bicyclic) bond motifs is 2. The summed E-state index contributed by atoms with van der Waals surface area (Å²) in [6, 6.07) is 11.1. The highest BCUT2D eigenvalue weighted by Crippen LogP contribution is 2.49. The van der Waals surface area contributed by atoms with Crippen LogP contribution in [0, 0.1) is 11.6 Å². The van der Waals surface area contributed by atoms with Crippen molar-refractivity contribution in [2.75, 3.05) is 14.1 Å². The standard InChI is InChI=1S/C30H27F2N3O5/c1-39-22-14-19(10-11-20(22)31)35-21-13-18-15-33-34-27(18)26(32)25(21)24(16-6-8-17(9-7-16)29(36)37)28(35)30(38)12-4-3-5-23(30)40-2/h6-11,13-15,23,38H,3-5,12H2,1-2H3,(H,33,34)(H,36,37)/i1D3. The van der Waals surface area contributed by atoms with Gasteiger partial charge in [0.1, 0.15) is 11.1 Å². The number of halogens is 2. The minimum Gasteiger partial charge on any atom is -0.494 e. The number of ether oxygens (including phenoxy) is 2. The largest absolute Gasteiger partial charge is 0.494 e. The molecule has 0 radical (unpaired) electrons. The number of aliphatic hydroxyl groups is 1. The molecule has 0 bridgehead atoms. The smallest absolute Gasteiger partial charge is 0.335 e. The number of hydrogen-bond donors (Lipinski definition) is 3. The van der Waals surface area contributed by atoms with Crippen LogP contribution in [-0.4, -0.2) is 51.2 Å². The number of H-pyrrole nitrogens is 1. The number of aromatic carboxylic acids is 1. The highest BCUT2D eigenvalue weighted by molar-refractivity contribution is 6.06. The lowest BCUT2D eigenvalue weighted by molar-refractivity contribution is -0.125. The summed E-state index contributed by atoms with van der Waals surface area (Å²) in [6.07, 6.45) is 2.87. The van der Waals surface area contributed by atoms with Crippen molar-refractivity contribution in [1.29, 1.82) is 0 Å². The Kier molecular flexibility index (Phi) is 5.48.